The van der Waals surface area contributed by atoms with Gasteiger partial charge in [-0.05, 0) is 87.2 Å². The van der Waals surface area contributed by atoms with E-state index in [1.54, 1.807) is 0 Å². The minimum Gasteiger partial charge on any atom is -0.393 e. The molecule has 3 saturated carbocycles. The van der Waals surface area contributed by atoms with Crippen molar-refractivity contribution in [2.45, 2.75) is 89.5 Å². The topological polar surface area (TPSA) is 76.4 Å². The van der Waals surface area contributed by atoms with Gasteiger partial charge in [-0.2, -0.15) is 13.2 Å². The third-order valence-corrected chi connectivity index (χ3v) is 14.1. The number of rotatable bonds is 4. The molecule has 2 aliphatic heterocycles. The number of benzene rings is 1. The number of hydrogen-bond donors (Lipinski definition) is 2. The molecule has 8 aliphatic rings. The van der Waals surface area contributed by atoms with E-state index in [1.165, 1.54) is 12.1 Å². The summed E-state index contributed by atoms with van der Waals surface area (Å²) in [6.45, 7) is 8.66. The van der Waals surface area contributed by atoms with Crippen LogP contribution in [0.5, 0.6) is 0 Å². The molecule has 1 unspecified atom stereocenters. The molecule has 46 heavy (non-hydrogen) atoms. The highest BCUT2D eigenvalue weighted by atomic mass is 19.4. The Morgan fingerprint density at radius 3 is 2.54 bits per heavy atom. The van der Waals surface area contributed by atoms with Gasteiger partial charge in [0.2, 0.25) is 0 Å². The average Bonchev–Trinajstić information content (AvgIpc) is 3.30. The second kappa shape index (κ2) is 9.94. The van der Waals surface area contributed by atoms with E-state index in [2.05, 4.69) is 41.9 Å². The van der Waals surface area contributed by atoms with Gasteiger partial charge < -0.3 is 20.0 Å². The normalized spacial score (nSPS) is 42.9. The Bertz CT molecular complexity index is 1560. The van der Waals surface area contributed by atoms with Gasteiger partial charge in [0.1, 0.15) is 0 Å². The van der Waals surface area contributed by atoms with E-state index < -0.39 is 39.7 Å². The molecule has 0 aromatic heterocycles. The Balaban J connectivity index is 1.23. The maximum absolute atomic E-state index is 14.7. The number of fused-ring (bicyclic) bond motifs is 2. The van der Waals surface area contributed by atoms with Crippen molar-refractivity contribution in [2.75, 3.05) is 32.7 Å². The highest BCUT2D eigenvalue weighted by Gasteiger charge is 2.74. The number of aliphatic hydroxyl groups excluding tert-OH is 1. The molecule has 2 N–H and O–H groups in total. The van der Waals surface area contributed by atoms with E-state index >= 15 is 0 Å². The number of aliphatic imine (C=N–C) groups is 1. The zero-order valence-corrected chi connectivity index (χ0v) is 27.0. The van der Waals surface area contributed by atoms with E-state index in [9.17, 15) is 28.2 Å². The van der Waals surface area contributed by atoms with E-state index in [0.29, 0.717) is 31.4 Å². The smallest absolute Gasteiger partial charge is 0.393 e. The first-order valence-electron chi connectivity index (χ1n) is 17.4. The molecule has 248 valence electrons. The summed E-state index contributed by atoms with van der Waals surface area (Å²) in [5.41, 5.74) is -3.17. The van der Waals surface area contributed by atoms with Crippen LogP contribution in [0.25, 0.3) is 0 Å². The summed E-state index contributed by atoms with van der Waals surface area (Å²) in [6.07, 6.45) is 8.53. The lowest BCUT2D eigenvalue weighted by Gasteiger charge is -2.71. The van der Waals surface area contributed by atoms with E-state index in [1.807, 2.05) is 0 Å². The van der Waals surface area contributed by atoms with Crippen LogP contribution in [0.3, 0.4) is 0 Å². The molecule has 9 heteroatoms. The quantitative estimate of drug-likeness (QED) is 0.302. The Hall–Kier alpha value is -2.65. The average molecular weight is 638 g/mol. The molecule has 9 rings (SSSR count). The number of nitrogens with zero attached hydrogens (tertiary/aromatic N) is 3. The summed E-state index contributed by atoms with van der Waals surface area (Å²) in [7, 11) is 0. The summed E-state index contributed by atoms with van der Waals surface area (Å²) >= 11 is 0. The van der Waals surface area contributed by atoms with Crippen LogP contribution >= 0.6 is 0 Å². The number of β-amino-alcohol motifs (C(OH)–C–C–N with tert-alkyl or cyclic N) is 1. The Morgan fingerprint density at radius 2 is 1.74 bits per heavy atom. The van der Waals surface area contributed by atoms with Gasteiger partial charge in [-0.15, -0.1) is 0 Å². The second-order valence-corrected chi connectivity index (χ2v) is 16.0. The van der Waals surface area contributed by atoms with Crippen LogP contribution in [-0.4, -0.2) is 76.2 Å². The number of ketones is 1. The number of aliphatic hydroxyl groups is 2. The van der Waals surface area contributed by atoms with Crippen molar-refractivity contribution < 1.29 is 28.2 Å². The maximum atomic E-state index is 14.7. The van der Waals surface area contributed by atoms with Crippen molar-refractivity contribution in [1.29, 1.82) is 0 Å². The number of hydrogen-bond acceptors (Lipinski definition) is 6. The van der Waals surface area contributed by atoms with Gasteiger partial charge in [0.15, 0.2) is 11.7 Å². The van der Waals surface area contributed by atoms with Crippen molar-refractivity contribution in [2.24, 2.45) is 38.5 Å². The molecule has 6 aliphatic carbocycles. The summed E-state index contributed by atoms with van der Waals surface area (Å²) in [6, 6.07) is 4.83. The predicted molar refractivity (Wildman–Crippen MR) is 169 cm³/mol. The second-order valence-electron chi connectivity index (χ2n) is 16.0. The van der Waals surface area contributed by atoms with Crippen LogP contribution in [0.4, 0.5) is 13.2 Å². The number of guanidine groups is 1. The lowest BCUT2D eigenvalue weighted by atomic mass is 9.32. The fraction of sp³-hybridized carbons (Fsp3) is 0.676. The minimum atomic E-state index is -4.56. The van der Waals surface area contributed by atoms with Gasteiger partial charge in [0.05, 0.1) is 23.8 Å². The SMILES string of the molecule is C[C@]12CC[C@H]3[C@]4(C=C[C@@]5(C=C4C(=O)c4cccc(C(F)(F)F)c4)CC(O)CC[C@]35C)[C@@H]1CC[C@@]2(O)CN1CCCN2CCCN=C21. The molecular formula is C37H46F3N3O3. The first-order chi connectivity index (χ1) is 21.8. The van der Waals surface area contributed by atoms with Gasteiger partial charge >= 0.3 is 6.18 Å². The first-order valence-corrected chi connectivity index (χ1v) is 17.4. The van der Waals surface area contributed by atoms with Crippen molar-refractivity contribution >= 4 is 11.7 Å². The third-order valence-electron chi connectivity index (χ3n) is 14.1. The number of alkyl halides is 3. The van der Waals surface area contributed by atoms with Gasteiger partial charge in [-0.3, -0.25) is 9.79 Å². The molecule has 2 heterocycles. The Morgan fingerprint density at radius 1 is 1.00 bits per heavy atom. The summed E-state index contributed by atoms with van der Waals surface area (Å²) < 4.78 is 41.4. The van der Waals surface area contributed by atoms with Crippen LogP contribution in [0.2, 0.25) is 0 Å². The maximum Gasteiger partial charge on any atom is 0.416 e. The Kier molecular flexibility index (Phi) is 6.63. The van der Waals surface area contributed by atoms with Crippen LogP contribution in [0.1, 0.15) is 87.6 Å². The molecule has 0 amide bonds. The van der Waals surface area contributed by atoms with Crippen molar-refractivity contribution in [3.63, 3.8) is 0 Å². The summed E-state index contributed by atoms with van der Waals surface area (Å²) in [4.78, 5) is 24.2. The standard InChI is InChI=1S/C37H46F3N3O3/c1-32-11-8-26(44)21-34(32)14-15-36(27(22-34)30(45)24-6-3-7-25(20-24)37(38,39)40)28(32)9-12-33(2)29(36)10-13-35(33,46)23-43-19-5-18-42-17-4-16-41-31(42)43/h3,6-7,14-15,20,22,26,28-29,44,46H,4-5,8-13,16-19,21,23H2,1-2H3/t26?,28-,29-,32-,33+,34+,35-,36-/m1/s1. The number of carbonyl (C=O) groups excluding carboxylic acids is 1. The number of Topliss-reactive ketones (excluding diaryl/α,β-unsaturated/α-hetero) is 1. The van der Waals surface area contributed by atoms with Gasteiger partial charge in [0.25, 0.3) is 0 Å². The van der Waals surface area contributed by atoms with E-state index in [0.717, 1.165) is 82.8 Å². The molecule has 0 radical (unpaired) electrons. The molecule has 4 fully saturated rings. The number of halogens is 3. The van der Waals surface area contributed by atoms with Crippen molar-refractivity contribution in [3.8, 4) is 0 Å². The summed E-state index contributed by atoms with van der Waals surface area (Å²) in [5, 5.41) is 23.7. The van der Waals surface area contributed by atoms with E-state index in [4.69, 9.17) is 4.99 Å². The molecule has 2 spiro atoms. The van der Waals surface area contributed by atoms with Gasteiger partial charge in [-0.1, -0.05) is 44.2 Å². The molecule has 1 aromatic rings. The zero-order valence-electron chi connectivity index (χ0n) is 27.0. The highest BCUT2D eigenvalue weighted by molar-refractivity contribution is 6.10. The van der Waals surface area contributed by atoms with E-state index in [-0.39, 0.29) is 28.6 Å². The third kappa shape index (κ3) is 3.96. The molecule has 1 aromatic carbocycles. The minimum absolute atomic E-state index is 0.0499. The molecule has 1 saturated heterocycles. The number of carbonyl (C=O) groups is 1. The fourth-order valence-corrected chi connectivity index (χ4v) is 11.8. The van der Waals surface area contributed by atoms with Crippen LogP contribution in [0.15, 0.2) is 53.1 Å². The lowest BCUT2D eigenvalue weighted by molar-refractivity contribution is -0.174. The largest absolute Gasteiger partial charge is 0.416 e. The molecular weight excluding hydrogens is 591 g/mol. The molecule has 8 atom stereocenters. The van der Waals surface area contributed by atoms with Gasteiger partial charge in [0, 0.05) is 53.6 Å². The molecule has 6 nitrogen and oxygen atoms in total. The monoisotopic (exact) mass is 637 g/mol. The highest BCUT2D eigenvalue weighted by Crippen LogP contribution is 2.78. The van der Waals surface area contributed by atoms with Crippen LogP contribution in [0, 0.1) is 33.5 Å². The predicted octanol–water partition coefficient (Wildman–Crippen LogP) is 6.25. The Labute approximate surface area is 269 Å². The lowest BCUT2D eigenvalue weighted by Crippen LogP contribution is -2.68. The fourth-order valence-electron chi connectivity index (χ4n) is 11.8. The van der Waals surface area contributed by atoms with Crippen LogP contribution in [-0.2, 0) is 6.18 Å². The molecule has 2 bridgehead atoms. The van der Waals surface area contributed by atoms with Crippen molar-refractivity contribution in [3.05, 3.63) is 59.2 Å². The first kappa shape index (κ1) is 30.7. The summed E-state index contributed by atoms with van der Waals surface area (Å²) in [5.74, 6) is 0.668. The van der Waals surface area contributed by atoms with Gasteiger partial charge in [-0.25, -0.2) is 0 Å². The van der Waals surface area contributed by atoms with Crippen LogP contribution < -0.4 is 0 Å². The van der Waals surface area contributed by atoms with Crippen molar-refractivity contribution in [1.82, 2.24) is 9.80 Å². The zero-order chi connectivity index (χ0) is 32.3. The number of allylic oxidation sites excluding steroid dienone is 4.